The van der Waals surface area contributed by atoms with Crippen LogP contribution in [0.4, 0.5) is 5.69 Å². The number of nitrogen functional groups attached to an aromatic ring is 1. The fourth-order valence-corrected chi connectivity index (χ4v) is 1.86. The number of rotatable bonds is 7. The summed E-state index contributed by atoms with van der Waals surface area (Å²) in [4.78, 5) is 13.4. The molecule has 0 aliphatic rings. The molecule has 0 fully saturated rings. The lowest BCUT2D eigenvalue weighted by molar-refractivity contribution is -0.121. The van der Waals surface area contributed by atoms with Gasteiger partial charge >= 0.3 is 0 Å². The largest absolute Gasteiger partial charge is 0.494 e. The van der Waals surface area contributed by atoms with Gasteiger partial charge in [0, 0.05) is 24.3 Å². The fourth-order valence-electron chi connectivity index (χ4n) is 1.86. The van der Waals surface area contributed by atoms with E-state index in [1.54, 1.807) is 0 Å². The fraction of sp³-hybridized carbons (Fsp3) is 0.500. The first-order chi connectivity index (χ1) is 9.06. The number of carbonyl (C=O) groups excluding carboxylic acids is 1. The van der Waals surface area contributed by atoms with Crippen molar-refractivity contribution in [2.24, 2.45) is 0 Å². The van der Waals surface area contributed by atoms with Crippen LogP contribution in [0.15, 0.2) is 18.2 Å². The van der Waals surface area contributed by atoms with Crippen molar-refractivity contribution in [3.8, 4) is 5.75 Å². The summed E-state index contributed by atoms with van der Waals surface area (Å²) in [6, 6.07) is 5.58. The Morgan fingerprint density at radius 1 is 1.42 bits per heavy atom. The Hall–Kier alpha value is -1.75. The minimum atomic E-state index is 0.0202. The van der Waals surface area contributed by atoms with E-state index in [-0.39, 0.29) is 5.91 Å². The van der Waals surface area contributed by atoms with Gasteiger partial charge in [0.15, 0.2) is 0 Å². The zero-order chi connectivity index (χ0) is 14.3. The van der Waals surface area contributed by atoms with Gasteiger partial charge in [-0.1, -0.05) is 0 Å². The number of carbonyl (C=O) groups is 1. The average Bonchev–Trinajstić information content (AvgIpc) is 2.32. The lowest BCUT2D eigenvalue weighted by atomic mass is 10.1. The van der Waals surface area contributed by atoms with Gasteiger partial charge in [-0.2, -0.15) is 0 Å². The number of nitrogens with two attached hydrogens (primary N) is 1. The van der Waals surface area contributed by atoms with Crippen molar-refractivity contribution in [3.05, 3.63) is 23.8 Å². The van der Waals surface area contributed by atoms with Crippen LogP contribution in [0, 0.1) is 0 Å². The van der Waals surface area contributed by atoms with Gasteiger partial charge in [0.05, 0.1) is 13.2 Å². The molecule has 0 aliphatic heterocycles. The molecule has 0 bridgehead atoms. The van der Waals surface area contributed by atoms with Crippen LogP contribution in [0.2, 0.25) is 0 Å². The van der Waals surface area contributed by atoms with Gasteiger partial charge in [0.25, 0.3) is 0 Å². The molecule has 106 valence electrons. The Morgan fingerprint density at radius 3 is 2.79 bits per heavy atom. The average molecular weight is 265 g/mol. The predicted molar refractivity (Wildman–Crippen MR) is 77.0 cm³/mol. The first-order valence-electron chi connectivity index (χ1n) is 6.53. The van der Waals surface area contributed by atoms with Crippen molar-refractivity contribution in [2.45, 2.75) is 20.4 Å². The number of benzene rings is 1. The Bertz CT molecular complexity index is 421. The van der Waals surface area contributed by atoms with Gasteiger partial charge < -0.3 is 15.8 Å². The maximum Gasteiger partial charge on any atom is 0.234 e. The molecule has 5 heteroatoms. The van der Waals surface area contributed by atoms with Gasteiger partial charge in [-0.05, 0) is 39.1 Å². The molecule has 5 nitrogen and oxygen atoms in total. The highest BCUT2D eigenvalue weighted by Gasteiger charge is 2.10. The molecule has 1 rings (SSSR count). The summed E-state index contributed by atoms with van der Waals surface area (Å²) in [5.41, 5.74) is 7.49. The van der Waals surface area contributed by atoms with Crippen LogP contribution in [0.1, 0.15) is 19.4 Å². The Balaban J connectivity index is 2.69. The Labute approximate surface area is 114 Å². The minimum Gasteiger partial charge on any atom is -0.494 e. The zero-order valence-electron chi connectivity index (χ0n) is 11.9. The number of ether oxygens (including phenoxy) is 1. The van der Waals surface area contributed by atoms with E-state index in [9.17, 15) is 4.79 Å². The zero-order valence-corrected chi connectivity index (χ0v) is 11.9. The van der Waals surface area contributed by atoms with Crippen LogP contribution < -0.4 is 15.8 Å². The quantitative estimate of drug-likeness (QED) is 0.728. The molecule has 0 spiro atoms. The Morgan fingerprint density at radius 2 is 2.16 bits per heavy atom. The van der Waals surface area contributed by atoms with E-state index in [1.165, 1.54) is 0 Å². The number of hydrogen-bond acceptors (Lipinski definition) is 4. The van der Waals surface area contributed by atoms with E-state index in [4.69, 9.17) is 10.5 Å². The molecule has 0 atom stereocenters. The predicted octanol–water partition coefficient (Wildman–Crippen LogP) is 1.24. The molecule has 1 amide bonds. The van der Waals surface area contributed by atoms with E-state index < -0.39 is 0 Å². The summed E-state index contributed by atoms with van der Waals surface area (Å²) in [5, 5.41) is 2.78. The number of hydrogen-bond donors (Lipinski definition) is 2. The van der Waals surface area contributed by atoms with E-state index in [0.29, 0.717) is 31.9 Å². The minimum absolute atomic E-state index is 0.0202. The van der Waals surface area contributed by atoms with Crippen LogP contribution in [0.5, 0.6) is 5.75 Å². The molecule has 0 saturated carbocycles. The standard InChI is InChI=1S/C14H23N3O2/c1-4-16-14(18)10-17(3)9-11-8-12(15)6-7-13(11)19-5-2/h6-8H,4-5,9-10,15H2,1-3H3,(H,16,18). The van der Waals surface area contributed by atoms with Gasteiger partial charge in [-0.25, -0.2) is 0 Å². The van der Waals surface area contributed by atoms with E-state index in [2.05, 4.69) is 5.32 Å². The summed E-state index contributed by atoms with van der Waals surface area (Å²) >= 11 is 0. The number of anilines is 1. The summed E-state index contributed by atoms with van der Waals surface area (Å²) in [6.07, 6.45) is 0. The molecule has 0 heterocycles. The molecule has 3 N–H and O–H groups in total. The third-order valence-electron chi connectivity index (χ3n) is 2.61. The van der Waals surface area contributed by atoms with Crippen LogP contribution in [-0.4, -0.2) is 37.6 Å². The van der Waals surface area contributed by atoms with E-state index in [0.717, 1.165) is 11.3 Å². The normalized spacial score (nSPS) is 10.5. The van der Waals surface area contributed by atoms with Crippen LogP contribution in [-0.2, 0) is 11.3 Å². The molecule has 0 radical (unpaired) electrons. The van der Waals surface area contributed by atoms with Crippen molar-refractivity contribution in [1.29, 1.82) is 0 Å². The number of amides is 1. The second-order valence-electron chi connectivity index (χ2n) is 4.43. The summed E-state index contributed by atoms with van der Waals surface area (Å²) < 4.78 is 5.56. The molecule has 0 unspecified atom stereocenters. The molecule has 0 saturated heterocycles. The second-order valence-corrected chi connectivity index (χ2v) is 4.43. The number of nitrogens with one attached hydrogen (secondary N) is 1. The van der Waals surface area contributed by atoms with Gasteiger partial charge in [0.2, 0.25) is 5.91 Å². The summed E-state index contributed by atoms with van der Waals surface area (Å²) in [7, 11) is 1.90. The molecule has 0 aromatic heterocycles. The van der Waals surface area contributed by atoms with Gasteiger partial charge in [-0.3, -0.25) is 9.69 Å². The van der Waals surface area contributed by atoms with E-state index >= 15 is 0 Å². The van der Waals surface area contributed by atoms with Crippen molar-refractivity contribution < 1.29 is 9.53 Å². The second kappa shape index (κ2) is 7.63. The first kappa shape index (κ1) is 15.3. The van der Waals surface area contributed by atoms with Crippen molar-refractivity contribution in [1.82, 2.24) is 10.2 Å². The molecular formula is C14H23N3O2. The SMILES string of the molecule is CCNC(=O)CN(C)Cc1cc(N)ccc1OCC. The molecule has 1 aromatic carbocycles. The van der Waals surface area contributed by atoms with Crippen molar-refractivity contribution in [2.75, 3.05) is 32.5 Å². The van der Waals surface area contributed by atoms with Gasteiger partial charge in [0.1, 0.15) is 5.75 Å². The third kappa shape index (κ3) is 5.18. The monoisotopic (exact) mass is 265 g/mol. The topological polar surface area (TPSA) is 67.6 Å². The van der Waals surface area contributed by atoms with E-state index in [1.807, 2.05) is 44.0 Å². The molecular weight excluding hydrogens is 242 g/mol. The maximum absolute atomic E-state index is 11.5. The highest BCUT2D eigenvalue weighted by Crippen LogP contribution is 2.22. The number of likely N-dealkylation sites (N-methyl/N-ethyl adjacent to an activating group) is 2. The van der Waals surface area contributed by atoms with Crippen molar-refractivity contribution >= 4 is 11.6 Å². The maximum atomic E-state index is 11.5. The molecule has 0 aliphatic carbocycles. The smallest absolute Gasteiger partial charge is 0.234 e. The molecule has 1 aromatic rings. The summed E-state index contributed by atoms with van der Waals surface area (Å²) in [6.45, 7) is 6.08. The third-order valence-corrected chi connectivity index (χ3v) is 2.61. The summed E-state index contributed by atoms with van der Waals surface area (Å²) in [5.74, 6) is 0.839. The van der Waals surface area contributed by atoms with Crippen molar-refractivity contribution in [3.63, 3.8) is 0 Å². The van der Waals surface area contributed by atoms with Gasteiger partial charge in [-0.15, -0.1) is 0 Å². The number of nitrogens with zero attached hydrogens (tertiary/aromatic N) is 1. The Kier molecular flexibility index (Phi) is 6.15. The highest BCUT2D eigenvalue weighted by atomic mass is 16.5. The van der Waals surface area contributed by atoms with Crippen LogP contribution in [0.25, 0.3) is 0 Å². The lowest BCUT2D eigenvalue weighted by Gasteiger charge is -2.18. The first-order valence-corrected chi connectivity index (χ1v) is 6.53. The highest BCUT2D eigenvalue weighted by molar-refractivity contribution is 5.77. The lowest BCUT2D eigenvalue weighted by Crippen LogP contribution is -2.34. The molecule has 19 heavy (non-hydrogen) atoms. The van der Waals surface area contributed by atoms with Crippen LogP contribution >= 0.6 is 0 Å². The van der Waals surface area contributed by atoms with Crippen LogP contribution in [0.3, 0.4) is 0 Å².